The molecule has 0 N–H and O–H groups in total. The summed E-state index contributed by atoms with van der Waals surface area (Å²) < 4.78 is 20.0. The number of cyclic esters (lactones) is 1. The standard InChI is InChI=1S/C34H50N4O7.C2H6/c1-10-26-34(8)29(38(32(42)45-34)17-12-11-16-37-19-36-25-14-13-15-35-30(25)37)22(4)27(39)20(2)18-33(7,43-9)24(6)21(3)28(40)23(5)31(41)44-26;1-2/h13-15,19-24,26,29H,10-12,16-18H2,1-9H3;1-2H3/t20-,21-,22+,23-,24-,26-,29-,33-,34-;/m1./s1. The maximum absolute atomic E-state index is 14.2. The zero-order valence-electron chi connectivity index (χ0n) is 30.2. The molecule has 11 heteroatoms. The average molecular weight is 657 g/mol. The number of esters is 1. The molecule has 9 atom stereocenters. The monoisotopic (exact) mass is 656 g/mol. The minimum Gasteiger partial charge on any atom is -0.458 e. The van der Waals surface area contributed by atoms with E-state index in [0.29, 0.717) is 32.4 Å². The Bertz CT molecular complexity index is 1410. The molecule has 262 valence electrons. The molecule has 1 amide bonds. The first kappa shape index (κ1) is 38.1. The van der Waals surface area contributed by atoms with E-state index in [-0.39, 0.29) is 17.5 Å². The zero-order chi connectivity index (χ0) is 35.3. The van der Waals surface area contributed by atoms with Gasteiger partial charge in [-0.15, -0.1) is 0 Å². The van der Waals surface area contributed by atoms with Gasteiger partial charge in [-0.25, -0.2) is 14.8 Å². The third kappa shape index (κ3) is 7.55. The number of pyridine rings is 1. The van der Waals surface area contributed by atoms with E-state index in [1.54, 1.807) is 45.3 Å². The molecule has 2 aliphatic heterocycles. The number of Topliss-reactive ketones (excluding diaryl/α,β-unsaturated/α-hetero) is 2. The summed E-state index contributed by atoms with van der Waals surface area (Å²) in [6.45, 7) is 19.5. The number of nitrogens with zero attached hydrogens (tertiary/aromatic N) is 4. The van der Waals surface area contributed by atoms with Crippen molar-refractivity contribution in [2.24, 2.45) is 29.6 Å². The fraction of sp³-hybridized carbons (Fsp3) is 0.722. The number of carbonyl (C=O) groups excluding carboxylic acids is 4. The van der Waals surface area contributed by atoms with Gasteiger partial charge in [-0.05, 0) is 64.5 Å². The summed E-state index contributed by atoms with van der Waals surface area (Å²) in [5, 5.41) is 0. The molecule has 0 spiro atoms. The van der Waals surface area contributed by atoms with E-state index in [0.717, 1.165) is 17.6 Å². The highest BCUT2D eigenvalue weighted by molar-refractivity contribution is 6.00. The first-order valence-corrected chi connectivity index (χ1v) is 17.3. The minimum absolute atomic E-state index is 0.0356. The van der Waals surface area contributed by atoms with Gasteiger partial charge in [0.1, 0.15) is 29.1 Å². The number of ether oxygens (including phenoxy) is 3. The van der Waals surface area contributed by atoms with Crippen molar-refractivity contribution in [3.05, 3.63) is 24.7 Å². The molecule has 2 aromatic heterocycles. The fourth-order valence-corrected chi connectivity index (χ4v) is 7.51. The first-order chi connectivity index (χ1) is 22.2. The van der Waals surface area contributed by atoms with Crippen LogP contribution in [0.15, 0.2) is 24.7 Å². The van der Waals surface area contributed by atoms with Crippen LogP contribution in [-0.4, -0.2) is 80.1 Å². The van der Waals surface area contributed by atoms with Gasteiger partial charge in [0.15, 0.2) is 11.2 Å². The lowest BCUT2D eigenvalue weighted by atomic mass is 9.70. The maximum Gasteiger partial charge on any atom is 0.410 e. The van der Waals surface area contributed by atoms with Crippen LogP contribution in [0, 0.1) is 29.6 Å². The topological polar surface area (TPSA) is 130 Å². The van der Waals surface area contributed by atoms with E-state index >= 15 is 0 Å². The Labute approximate surface area is 280 Å². The normalized spacial score (nSPS) is 33.9. The smallest absolute Gasteiger partial charge is 0.410 e. The van der Waals surface area contributed by atoms with Crippen molar-refractivity contribution in [3.8, 4) is 0 Å². The molecule has 11 nitrogen and oxygen atoms in total. The predicted molar refractivity (Wildman–Crippen MR) is 180 cm³/mol. The second-order valence-corrected chi connectivity index (χ2v) is 13.5. The Morgan fingerprint density at radius 1 is 0.957 bits per heavy atom. The minimum atomic E-state index is -1.31. The summed E-state index contributed by atoms with van der Waals surface area (Å²) in [4.78, 5) is 65.2. The number of aryl methyl sites for hydroxylation is 1. The number of ketones is 2. The van der Waals surface area contributed by atoms with Crippen LogP contribution < -0.4 is 0 Å². The van der Waals surface area contributed by atoms with E-state index < -0.39 is 59.1 Å². The van der Waals surface area contributed by atoms with E-state index in [1.165, 1.54) is 0 Å². The maximum atomic E-state index is 14.2. The third-order valence-corrected chi connectivity index (χ3v) is 10.7. The van der Waals surface area contributed by atoms with Crippen LogP contribution in [-0.2, 0) is 35.1 Å². The Morgan fingerprint density at radius 2 is 1.62 bits per heavy atom. The second-order valence-electron chi connectivity index (χ2n) is 13.5. The number of imidazole rings is 1. The Balaban J connectivity index is 0.00000294. The van der Waals surface area contributed by atoms with Gasteiger partial charge in [-0.3, -0.25) is 14.4 Å². The van der Waals surface area contributed by atoms with E-state index in [9.17, 15) is 19.2 Å². The Kier molecular flexibility index (Phi) is 12.7. The van der Waals surface area contributed by atoms with Gasteiger partial charge < -0.3 is 23.7 Å². The lowest BCUT2D eigenvalue weighted by molar-refractivity contribution is -0.172. The van der Waals surface area contributed by atoms with Crippen molar-refractivity contribution >= 4 is 34.8 Å². The summed E-state index contributed by atoms with van der Waals surface area (Å²) >= 11 is 0. The molecular weight excluding hydrogens is 600 g/mol. The van der Waals surface area contributed by atoms with Gasteiger partial charge in [0.2, 0.25) is 0 Å². The number of methoxy groups -OCH3 is 1. The Morgan fingerprint density at radius 3 is 2.26 bits per heavy atom. The molecule has 0 bridgehead atoms. The van der Waals surface area contributed by atoms with Crippen LogP contribution in [0.4, 0.5) is 4.79 Å². The van der Waals surface area contributed by atoms with Crippen molar-refractivity contribution in [1.82, 2.24) is 19.4 Å². The SMILES string of the molecule is CC.CC[C@H]1OC(=O)[C@H](C)C(=O)[C@H](C)[C@@H](C)[C@](C)(OC)C[C@@H](C)C(=O)[C@H](C)[C@H]2N(CCCCn3cnc4cccnc43)C(=O)O[C@]12C. The number of rotatable bonds is 7. The molecular formula is C36H56N4O7. The fourth-order valence-electron chi connectivity index (χ4n) is 7.51. The van der Waals surface area contributed by atoms with Gasteiger partial charge in [0.25, 0.3) is 0 Å². The van der Waals surface area contributed by atoms with Crippen molar-refractivity contribution in [3.63, 3.8) is 0 Å². The quantitative estimate of drug-likeness (QED) is 0.192. The van der Waals surface area contributed by atoms with Gasteiger partial charge in [-0.1, -0.05) is 48.5 Å². The first-order valence-electron chi connectivity index (χ1n) is 17.3. The lowest BCUT2D eigenvalue weighted by Crippen LogP contribution is -2.58. The summed E-state index contributed by atoms with van der Waals surface area (Å²) in [5.41, 5.74) is -0.489. The molecule has 0 aromatic carbocycles. The molecule has 4 heterocycles. The lowest BCUT2D eigenvalue weighted by Gasteiger charge is -2.43. The summed E-state index contributed by atoms with van der Waals surface area (Å²) in [6, 6.07) is 3.07. The predicted octanol–water partition coefficient (Wildman–Crippen LogP) is 6.27. The molecule has 0 saturated carbocycles. The number of carbonyl (C=O) groups is 4. The van der Waals surface area contributed by atoms with Crippen LogP contribution >= 0.6 is 0 Å². The number of hydrogen-bond acceptors (Lipinski definition) is 9. The van der Waals surface area contributed by atoms with Crippen LogP contribution in [0.3, 0.4) is 0 Å². The van der Waals surface area contributed by atoms with Crippen LogP contribution in [0.2, 0.25) is 0 Å². The number of amides is 1. The molecule has 0 aliphatic carbocycles. The molecule has 0 unspecified atom stereocenters. The van der Waals surface area contributed by atoms with E-state index in [1.807, 2.05) is 65.2 Å². The Hall–Kier alpha value is -3.34. The van der Waals surface area contributed by atoms with Gasteiger partial charge in [-0.2, -0.15) is 0 Å². The molecule has 2 aromatic rings. The van der Waals surface area contributed by atoms with Gasteiger partial charge in [0.05, 0.1) is 18.0 Å². The number of aromatic nitrogens is 3. The summed E-state index contributed by atoms with van der Waals surface area (Å²) in [6.07, 6.45) is 4.20. The van der Waals surface area contributed by atoms with Gasteiger partial charge in [0, 0.05) is 44.1 Å². The molecule has 4 rings (SSSR count). The van der Waals surface area contributed by atoms with Crippen molar-refractivity contribution in [2.45, 2.75) is 125 Å². The zero-order valence-corrected chi connectivity index (χ0v) is 30.2. The average Bonchev–Trinajstić information content (AvgIpc) is 3.60. The van der Waals surface area contributed by atoms with Crippen molar-refractivity contribution < 1.29 is 33.4 Å². The number of hydrogen-bond donors (Lipinski definition) is 0. The third-order valence-electron chi connectivity index (χ3n) is 10.7. The molecule has 2 fully saturated rings. The van der Waals surface area contributed by atoms with Crippen LogP contribution in [0.5, 0.6) is 0 Å². The van der Waals surface area contributed by atoms with E-state index in [2.05, 4.69) is 9.97 Å². The number of fused-ring (bicyclic) bond motifs is 2. The van der Waals surface area contributed by atoms with Crippen LogP contribution in [0.25, 0.3) is 11.2 Å². The highest BCUT2D eigenvalue weighted by Crippen LogP contribution is 2.43. The highest BCUT2D eigenvalue weighted by atomic mass is 16.6. The van der Waals surface area contributed by atoms with Crippen molar-refractivity contribution in [2.75, 3.05) is 13.7 Å². The molecule has 47 heavy (non-hydrogen) atoms. The van der Waals surface area contributed by atoms with Crippen molar-refractivity contribution in [1.29, 1.82) is 0 Å². The number of unbranched alkanes of at least 4 members (excludes halogenated alkanes) is 1. The molecule has 0 radical (unpaired) electrons. The highest BCUT2D eigenvalue weighted by Gasteiger charge is 2.60. The largest absolute Gasteiger partial charge is 0.458 e. The van der Waals surface area contributed by atoms with Crippen LogP contribution in [0.1, 0.15) is 94.9 Å². The van der Waals surface area contributed by atoms with Gasteiger partial charge >= 0.3 is 12.1 Å². The summed E-state index contributed by atoms with van der Waals surface area (Å²) in [7, 11) is 1.59. The second kappa shape index (κ2) is 15.7. The molecule has 2 saturated heterocycles. The summed E-state index contributed by atoms with van der Waals surface area (Å²) in [5.74, 6) is -3.80. The van der Waals surface area contributed by atoms with E-state index in [4.69, 9.17) is 14.2 Å². The molecule has 2 aliphatic rings.